The Hall–Kier alpha value is -1.06. The standard InChI is InChI=1S/C11H19N2O2/c1-13(2)11(15)7-9-3-5-10(6-4-9)12-8-14/h9-10H,3-7H2,1-2H3,(H,12,14). The Morgan fingerprint density at radius 1 is 1.33 bits per heavy atom. The Morgan fingerprint density at radius 3 is 2.40 bits per heavy atom. The summed E-state index contributed by atoms with van der Waals surface area (Å²) in [6, 6.07) is 0.271. The molecular formula is C11H19N2O2. The van der Waals surface area contributed by atoms with Crippen molar-refractivity contribution in [3.8, 4) is 0 Å². The van der Waals surface area contributed by atoms with Crippen molar-refractivity contribution in [2.75, 3.05) is 14.1 Å². The van der Waals surface area contributed by atoms with Crippen LogP contribution in [-0.2, 0) is 9.59 Å². The maximum Gasteiger partial charge on any atom is 0.309 e. The quantitative estimate of drug-likeness (QED) is 0.695. The van der Waals surface area contributed by atoms with E-state index in [1.54, 1.807) is 25.4 Å². The largest absolute Gasteiger partial charge is 0.349 e. The number of carbonyl (C=O) groups is 1. The zero-order valence-electron chi connectivity index (χ0n) is 9.45. The van der Waals surface area contributed by atoms with Gasteiger partial charge in [-0.1, -0.05) is 0 Å². The van der Waals surface area contributed by atoms with Gasteiger partial charge in [0.05, 0.1) is 0 Å². The molecule has 1 aliphatic rings. The Kier molecular flexibility index (Phi) is 4.59. The monoisotopic (exact) mass is 211 g/mol. The summed E-state index contributed by atoms with van der Waals surface area (Å²) in [6.07, 6.45) is 6.38. The van der Waals surface area contributed by atoms with Crippen molar-refractivity contribution in [3.05, 3.63) is 0 Å². The van der Waals surface area contributed by atoms with Crippen LogP contribution in [0.3, 0.4) is 0 Å². The molecule has 0 unspecified atom stereocenters. The minimum Gasteiger partial charge on any atom is -0.349 e. The SMILES string of the molecule is CN(C)C(=O)CC1CCC(N[C]=O)CC1. The lowest BCUT2D eigenvalue weighted by Crippen LogP contribution is -2.33. The van der Waals surface area contributed by atoms with Gasteiger partial charge >= 0.3 is 6.41 Å². The van der Waals surface area contributed by atoms with Gasteiger partial charge in [-0.2, -0.15) is 0 Å². The zero-order chi connectivity index (χ0) is 11.3. The van der Waals surface area contributed by atoms with Gasteiger partial charge in [0.15, 0.2) is 0 Å². The molecule has 0 spiro atoms. The summed E-state index contributed by atoms with van der Waals surface area (Å²) in [7, 11) is 3.58. The number of hydrogen-bond donors (Lipinski definition) is 1. The van der Waals surface area contributed by atoms with Crippen LogP contribution in [0.5, 0.6) is 0 Å². The summed E-state index contributed by atoms with van der Waals surface area (Å²) >= 11 is 0. The van der Waals surface area contributed by atoms with E-state index in [0.29, 0.717) is 12.3 Å². The fraction of sp³-hybridized carbons (Fsp3) is 0.818. The summed E-state index contributed by atoms with van der Waals surface area (Å²) in [5, 5.41) is 2.68. The van der Waals surface area contributed by atoms with E-state index in [1.807, 2.05) is 0 Å². The van der Waals surface area contributed by atoms with Crippen molar-refractivity contribution in [1.29, 1.82) is 0 Å². The number of hydrogen-bond acceptors (Lipinski definition) is 2. The molecule has 0 aromatic rings. The fourth-order valence-electron chi connectivity index (χ4n) is 2.02. The summed E-state index contributed by atoms with van der Waals surface area (Å²) < 4.78 is 0. The van der Waals surface area contributed by atoms with Gasteiger partial charge in [0.2, 0.25) is 5.91 Å². The van der Waals surface area contributed by atoms with Gasteiger partial charge in [-0.25, -0.2) is 0 Å². The first-order valence-electron chi connectivity index (χ1n) is 5.46. The van der Waals surface area contributed by atoms with Gasteiger partial charge in [-0.15, -0.1) is 0 Å². The molecule has 1 aliphatic carbocycles. The number of carbonyl (C=O) groups excluding carboxylic acids is 2. The number of nitrogens with zero attached hydrogens (tertiary/aromatic N) is 1. The average molecular weight is 211 g/mol. The van der Waals surface area contributed by atoms with E-state index >= 15 is 0 Å². The Bertz CT molecular complexity index is 221. The predicted molar refractivity (Wildman–Crippen MR) is 57.9 cm³/mol. The van der Waals surface area contributed by atoms with Crippen LogP contribution in [-0.4, -0.2) is 37.4 Å². The maximum atomic E-state index is 11.5. The summed E-state index contributed by atoms with van der Waals surface area (Å²) in [5.41, 5.74) is 0. The van der Waals surface area contributed by atoms with Crippen LogP contribution < -0.4 is 5.32 Å². The molecule has 0 bridgehead atoms. The van der Waals surface area contributed by atoms with Crippen LogP contribution in [0.25, 0.3) is 0 Å². The van der Waals surface area contributed by atoms with Gasteiger partial charge in [0.1, 0.15) is 0 Å². The molecule has 15 heavy (non-hydrogen) atoms. The van der Waals surface area contributed by atoms with E-state index in [-0.39, 0.29) is 11.9 Å². The second-order valence-electron chi connectivity index (χ2n) is 4.46. The van der Waals surface area contributed by atoms with E-state index in [4.69, 9.17) is 0 Å². The molecule has 1 fully saturated rings. The van der Waals surface area contributed by atoms with Gasteiger partial charge in [-0.05, 0) is 31.6 Å². The molecule has 4 nitrogen and oxygen atoms in total. The first-order valence-corrected chi connectivity index (χ1v) is 5.46. The molecule has 0 aromatic carbocycles. The highest BCUT2D eigenvalue weighted by molar-refractivity contribution is 5.75. The van der Waals surface area contributed by atoms with Crippen molar-refractivity contribution in [2.24, 2.45) is 5.92 Å². The number of rotatable bonds is 4. The molecule has 1 rings (SSSR count). The molecule has 0 heterocycles. The lowest BCUT2D eigenvalue weighted by atomic mass is 9.84. The molecule has 85 valence electrons. The van der Waals surface area contributed by atoms with Crippen molar-refractivity contribution in [1.82, 2.24) is 10.2 Å². The van der Waals surface area contributed by atoms with Crippen LogP contribution in [0, 0.1) is 5.92 Å². The van der Waals surface area contributed by atoms with Crippen molar-refractivity contribution >= 4 is 12.3 Å². The van der Waals surface area contributed by atoms with Gasteiger partial charge in [0.25, 0.3) is 0 Å². The highest BCUT2D eigenvalue weighted by Crippen LogP contribution is 2.26. The second kappa shape index (κ2) is 5.73. The van der Waals surface area contributed by atoms with Crippen LogP contribution in [0.1, 0.15) is 32.1 Å². The van der Waals surface area contributed by atoms with Crippen LogP contribution in [0.2, 0.25) is 0 Å². The molecule has 1 radical (unpaired) electrons. The second-order valence-corrected chi connectivity index (χ2v) is 4.46. The molecule has 1 saturated carbocycles. The topological polar surface area (TPSA) is 49.4 Å². The Morgan fingerprint density at radius 2 is 1.93 bits per heavy atom. The summed E-state index contributed by atoms with van der Waals surface area (Å²) in [5.74, 6) is 0.693. The summed E-state index contributed by atoms with van der Waals surface area (Å²) in [4.78, 5) is 23.2. The molecule has 1 N–H and O–H groups in total. The van der Waals surface area contributed by atoms with Crippen LogP contribution in [0.4, 0.5) is 0 Å². The molecular weight excluding hydrogens is 192 g/mol. The fourth-order valence-corrected chi connectivity index (χ4v) is 2.02. The zero-order valence-corrected chi connectivity index (χ0v) is 9.45. The molecule has 0 saturated heterocycles. The predicted octanol–water partition coefficient (Wildman–Crippen LogP) is 0.680. The third kappa shape index (κ3) is 3.90. The normalized spacial score (nSPS) is 25.7. The first kappa shape index (κ1) is 12.0. The lowest BCUT2D eigenvalue weighted by molar-refractivity contribution is -0.129. The van der Waals surface area contributed by atoms with Crippen molar-refractivity contribution in [2.45, 2.75) is 38.1 Å². The van der Waals surface area contributed by atoms with Crippen molar-refractivity contribution < 1.29 is 9.59 Å². The Labute approximate surface area is 91.0 Å². The van der Waals surface area contributed by atoms with Gasteiger partial charge in [-0.3, -0.25) is 9.59 Å². The van der Waals surface area contributed by atoms with Gasteiger partial charge in [0, 0.05) is 26.6 Å². The van der Waals surface area contributed by atoms with Gasteiger partial charge < -0.3 is 10.2 Å². The smallest absolute Gasteiger partial charge is 0.309 e. The maximum absolute atomic E-state index is 11.5. The van der Waals surface area contributed by atoms with Crippen LogP contribution in [0.15, 0.2) is 0 Å². The number of amides is 2. The Balaban J connectivity index is 2.25. The third-order valence-corrected chi connectivity index (χ3v) is 3.07. The molecule has 2 amide bonds. The van der Waals surface area contributed by atoms with Crippen molar-refractivity contribution in [3.63, 3.8) is 0 Å². The highest BCUT2D eigenvalue weighted by Gasteiger charge is 2.23. The third-order valence-electron chi connectivity index (χ3n) is 3.07. The van der Waals surface area contributed by atoms with E-state index in [2.05, 4.69) is 5.32 Å². The van der Waals surface area contributed by atoms with E-state index in [1.165, 1.54) is 0 Å². The molecule has 4 heteroatoms. The first-order chi connectivity index (χ1) is 7.13. The number of nitrogens with one attached hydrogen (secondary N) is 1. The van der Waals surface area contributed by atoms with E-state index in [0.717, 1.165) is 25.7 Å². The van der Waals surface area contributed by atoms with E-state index in [9.17, 15) is 9.59 Å². The molecule has 0 atom stereocenters. The molecule has 0 aromatic heterocycles. The minimum atomic E-state index is 0.202. The lowest BCUT2D eigenvalue weighted by Gasteiger charge is -2.28. The van der Waals surface area contributed by atoms with E-state index < -0.39 is 0 Å². The average Bonchev–Trinajstić information content (AvgIpc) is 2.21. The summed E-state index contributed by atoms with van der Waals surface area (Å²) in [6.45, 7) is 0. The van der Waals surface area contributed by atoms with Crippen LogP contribution >= 0.6 is 0 Å². The highest BCUT2D eigenvalue weighted by atomic mass is 16.2. The molecule has 0 aliphatic heterocycles. The minimum absolute atomic E-state index is 0.202.